The fourth-order valence-corrected chi connectivity index (χ4v) is 3.93. The number of hydrogen-bond acceptors (Lipinski definition) is 1. The Morgan fingerprint density at radius 1 is 1.09 bits per heavy atom. The van der Waals surface area contributed by atoms with Crippen LogP contribution < -0.4 is 5.32 Å². The summed E-state index contributed by atoms with van der Waals surface area (Å²) < 4.78 is 58.9. The molecular formula is C26H27ClF4N2O. The molecule has 0 fully saturated rings. The lowest BCUT2D eigenvalue weighted by Gasteiger charge is -2.28. The number of aromatic nitrogens is 1. The molecule has 1 atom stereocenters. The Morgan fingerprint density at radius 2 is 1.71 bits per heavy atom. The predicted octanol–water partition coefficient (Wildman–Crippen LogP) is 7.49. The molecule has 0 unspecified atom stereocenters. The number of nitrogens with zero attached hydrogens (tertiary/aromatic N) is 1. The summed E-state index contributed by atoms with van der Waals surface area (Å²) >= 11 is 5.88. The lowest BCUT2D eigenvalue weighted by atomic mass is 9.88. The molecule has 0 aliphatic rings. The second-order valence-electron chi connectivity index (χ2n) is 9.45. The Hall–Kier alpha value is -2.80. The van der Waals surface area contributed by atoms with Crippen LogP contribution in [0.5, 0.6) is 0 Å². The summed E-state index contributed by atoms with van der Waals surface area (Å²) in [4.78, 5) is 13.5. The van der Waals surface area contributed by atoms with Gasteiger partial charge in [0.1, 0.15) is 17.2 Å². The van der Waals surface area contributed by atoms with Crippen molar-refractivity contribution in [2.45, 2.75) is 53.4 Å². The molecule has 8 heteroatoms. The van der Waals surface area contributed by atoms with E-state index in [2.05, 4.69) is 5.32 Å². The normalized spacial score (nSPS) is 13.1. The summed E-state index contributed by atoms with van der Waals surface area (Å²) in [5, 5.41) is 2.92. The van der Waals surface area contributed by atoms with Gasteiger partial charge in [0.2, 0.25) is 0 Å². The van der Waals surface area contributed by atoms with Crippen molar-refractivity contribution < 1.29 is 22.4 Å². The van der Waals surface area contributed by atoms with E-state index in [-0.39, 0.29) is 45.4 Å². The first-order valence-corrected chi connectivity index (χ1v) is 11.2. The number of amides is 1. The quantitative estimate of drug-likeness (QED) is 0.366. The van der Waals surface area contributed by atoms with Gasteiger partial charge in [-0.05, 0) is 48.6 Å². The molecule has 0 radical (unpaired) electrons. The van der Waals surface area contributed by atoms with Crippen LogP contribution in [0.15, 0.2) is 48.5 Å². The number of alkyl halides is 3. The molecule has 0 aliphatic carbocycles. The van der Waals surface area contributed by atoms with Crippen LogP contribution in [0.25, 0.3) is 11.1 Å². The van der Waals surface area contributed by atoms with Crippen LogP contribution in [-0.2, 0) is 12.7 Å². The highest BCUT2D eigenvalue weighted by molar-refractivity contribution is 6.30. The zero-order valence-electron chi connectivity index (χ0n) is 19.6. The molecular weight excluding hydrogens is 468 g/mol. The van der Waals surface area contributed by atoms with Crippen LogP contribution in [0, 0.1) is 18.2 Å². The predicted molar refractivity (Wildman–Crippen MR) is 127 cm³/mol. The highest BCUT2D eigenvalue weighted by atomic mass is 35.5. The van der Waals surface area contributed by atoms with Gasteiger partial charge < -0.3 is 9.88 Å². The van der Waals surface area contributed by atoms with Gasteiger partial charge >= 0.3 is 6.18 Å². The minimum atomic E-state index is -4.77. The summed E-state index contributed by atoms with van der Waals surface area (Å²) in [6, 6.07) is 11.9. The summed E-state index contributed by atoms with van der Waals surface area (Å²) in [6.07, 6.45) is -4.77. The van der Waals surface area contributed by atoms with E-state index in [1.807, 2.05) is 20.8 Å². The van der Waals surface area contributed by atoms with Crippen molar-refractivity contribution in [1.29, 1.82) is 0 Å². The van der Waals surface area contributed by atoms with Crippen molar-refractivity contribution >= 4 is 17.5 Å². The van der Waals surface area contributed by atoms with Crippen molar-refractivity contribution in [3.8, 4) is 11.1 Å². The Morgan fingerprint density at radius 3 is 2.24 bits per heavy atom. The van der Waals surface area contributed by atoms with E-state index in [4.69, 9.17) is 11.6 Å². The van der Waals surface area contributed by atoms with Gasteiger partial charge in [0.25, 0.3) is 5.91 Å². The maximum atomic E-state index is 15.0. The van der Waals surface area contributed by atoms with Gasteiger partial charge in [-0.15, -0.1) is 0 Å². The van der Waals surface area contributed by atoms with Crippen molar-refractivity contribution in [2.75, 3.05) is 0 Å². The van der Waals surface area contributed by atoms with Crippen LogP contribution >= 0.6 is 11.6 Å². The first-order valence-electron chi connectivity index (χ1n) is 10.8. The topological polar surface area (TPSA) is 34.0 Å². The molecule has 0 saturated carbocycles. The molecule has 0 saturated heterocycles. The van der Waals surface area contributed by atoms with E-state index >= 15 is 0 Å². The molecule has 3 rings (SSSR count). The maximum absolute atomic E-state index is 15.0. The van der Waals surface area contributed by atoms with E-state index in [1.165, 1.54) is 19.1 Å². The van der Waals surface area contributed by atoms with Crippen molar-refractivity contribution in [3.05, 3.63) is 81.9 Å². The first-order chi connectivity index (χ1) is 15.7. The molecule has 1 heterocycles. The Bertz CT molecular complexity index is 1190. The third-order valence-corrected chi connectivity index (χ3v) is 6.26. The third-order valence-electron chi connectivity index (χ3n) is 6.02. The molecule has 0 bridgehead atoms. The molecule has 34 heavy (non-hydrogen) atoms. The van der Waals surface area contributed by atoms with E-state index in [0.29, 0.717) is 5.56 Å². The molecule has 1 aromatic heterocycles. The monoisotopic (exact) mass is 494 g/mol. The molecule has 0 aliphatic heterocycles. The molecule has 182 valence electrons. The Balaban J connectivity index is 2.34. The fourth-order valence-electron chi connectivity index (χ4n) is 3.77. The Labute approximate surface area is 201 Å². The Kier molecular flexibility index (Phi) is 7.18. The maximum Gasteiger partial charge on any atom is 0.431 e. The van der Waals surface area contributed by atoms with E-state index < -0.39 is 23.6 Å². The summed E-state index contributed by atoms with van der Waals surface area (Å²) in [7, 11) is 0. The molecule has 2 aromatic carbocycles. The van der Waals surface area contributed by atoms with Gasteiger partial charge in [-0.3, -0.25) is 4.79 Å². The van der Waals surface area contributed by atoms with Crippen molar-refractivity contribution in [1.82, 2.24) is 9.88 Å². The van der Waals surface area contributed by atoms with Gasteiger partial charge in [0.05, 0.1) is 0 Å². The lowest BCUT2D eigenvalue weighted by Crippen LogP contribution is -2.42. The second kappa shape index (κ2) is 9.45. The molecule has 3 aromatic rings. The van der Waals surface area contributed by atoms with Crippen LogP contribution in [-0.4, -0.2) is 16.5 Å². The van der Waals surface area contributed by atoms with Gasteiger partial charge in [-0.1, -0.05) is 62.7 Å². The molecule has 0 spiro atoms. The summed E-state index contributed by atoms with van der Waals surface area (Å²) in [5.74, 6) is -1.51. The highest BCUT2D eigenvalue weighted by Gasteiger charge is 2.42. The van der Waals surface area contributed by atoms with Crippen LogP contribution in [0.2, 0.25) is 5.02 Å². The zero-order chi connectivity index (χ0) is 25.4. The van der Waals surface area contributed by atoms with E-state index in [0.717, 1.165) is 10.6 Å². The van der Waals surface area contributed by atoms with Crippen LogP contribution in [0.4, 0.5) is 17.6 Å². The summed E-state index contributed by atoms with van der Waals surface area (Å²) in [5.41, 5.74) is -1.45. The number of carbonyl (C=O) groups is 1. The standard InChI is InChI=1S/C26H27ClF4N2O/c1-15-21(19-12-11-18(27)13-20(19)28)22(24(34)32-16(2)25(3,4)5)33(23(15)26(29,30)31)14-17-9-7-6-8-10-17/h6-13,16H,14H2,1-5H3,(H,32,34)/t16-/m1/s1. The smallest absolute Gasteiger partial charge is 0.348 e. The molecule has 3 nitrogen and oxygen atoms in total. The molecule has 1 N–H and O–H groups in total. The average Bonchev–Trinajstić information content (AvgIpc) is 3.00. The van der Waals surface area contributed by atoms with Gasteiger partial charge in [0, 0.05) is 28.7 Å². The number of halogens is 5. The average molecular weight is 495 g/mol. The van der Waals surface area contributed by atoms with Gasteiger partial charge in [0.15, 0.2) is 0 Å². The first kappa shape index (κ1) is 25.8. The number of nitrogens with one attached hydrogen (secondary N) is 1. The van der Waals surface area contributed by atoms with Gasteiger partial charge in [-0.2, -0.15) is 13.2 Å². The van der Waals surface area contributed by atoms with Gasteiger partial charge in [-0.25, -0.2) is 4.39 Å². The largest absolute Gasteiger partial charge is 0.431 e. The minimum absolute atomic E-state index is 0.101. The SMILES string of the molecule is Cc1c(-c2ccc(Cl)cc2F)c(C(=O)N[C@H](C)C(C)(C)C)n(Cc2ccccc2)c1C(F)(F)F. The van der Waals surface area contributed by atoms with Crippen LogP contribution in [0.3, 0.4) is 0 Å². The number of rotatable bonds is 5. The number of carbonyl (C=O) groups excluding carboxylic acids is 1. The lowest BCUT2D eigenvalue weighted by molar-refractivity contribution is -0.143. The third kappa shape index (κ3) is 5.30. The number of hydrogen-bond donors (Lipinski definition) is 1. The summed E-state index contributed by atoms with van der Waals surface area (Å²) in [6.45, 7) is 8.56. The van der Waals surface area contributed by atoms with Crippen molar-refractivity contribution in [3.63, 3.8) is 0 Å². The molecule has 1 amide bonds. The zero-order valence-corrected chi connectivity index (χ0v) is 20.4. The van der Waals surface area contributed by atoms with E-state index in [1.54, 1.807) is 37.3 Å². The fraction of sp³-hybridized carbons (Fsp3) is 0.346. The minimum Gasteiger partial charge on any atom is -0.348 e. The van der Waals surface area contributed by atoms with Crippen molar-refractivity contribution in [2.24, 2.45) is 5.41 Å². The van der Waals surface area contributed by atoms with E-state index in [9.17, 15) is 22.4 Å². The second-order valence-corrected chi connectivity index (χ2v) is 9.89. The number of benzene rings is 2. The highest BCUT2D eigenvalue weighted by Crippen LogP contribution is 2.42. The van der Waals surface area contributed by atoms with Crippen LogP contribution in [0.1, 0.15) is 55.0 Å².